The van der Waals surface area contributed by atoms with Crippen molar-refractivity contribution in [3.8, 4) is 0 Å². The summed E-state index contributed by atoms with van der Waals surface area (Å²) in [5, 5.41) is 9.91. The maximum atomic E-state index is 8.63. The molecule has 14 heavy (non-hydrogen) atoms. The molecule has 0 aromatic heterocycles. The monoisotopic (exact) mass is 252 g/mol. The second-order valence-corrected chi connectivity index (χ2v) is 2.56. The molecule has 0 saturated carbocycles. The van der Waals surface area contributed by atoms with Gasteiger partial charge in [0.05, 0.1) is 0 Å². The first-order valence-electron chi connectivity index (χ1n) is 3.11. The molecule has 0 amide bonds. The quantitative estimate of drug-likeness (QED) is 0.248. The van der Waals surface area contributed by atoms with Crippen molar-refractivity contribution < 1.29 is 32.2 Å². The fourth-order valence-corrected chi connectivity index (χ4v) is 0. The van der Waals surface area contributed by atoms with Crippen molar-refractivity contribution in [2.24, 2.45) is 0 Å². The highest BCUT2D eigenvalue weighted by Gasteiger charge is 1.67. The summed E-state index contributed by atoms with van der Waals surface area (Å²) in [5.74, 6) is 0. The highest BCUT2D eigenvalue weighted by molar-refractivity contribution is 7.79. The van der Waals surface area contributed by atoms with Gasteiger partial charge in [-0.3, -0.25) is 4.55 Å². The lowest BCUT2D eigenvalue weighted by molar-refractivity contribution is -0.431. The molecule has 0 aromatic rings. The topological polar surface area (TPSA) is 116 Å². The lowest BCUT2D eigenvalue weighted by Crippen LogP contribution is -1.90. The second-order valence-electron chi connectivity index (χ2n) is 1.57. The molecule has 0 saturated heterocycles. The van der Waals surface area contributed by atoms with E-state index in [1.54, 1.807) is 0 Å². The van der Waals surface area contributed by atoms with E-state index >= 15 is 0 Å². The molecule has 0 fully saturated rings. The number of rotatable bonds is 2. The van der Waals surface area contributed by atoms with E-state index in [1.807, 2.05) is 0 Å². The van der Waals surface area contributed by atoms with E-state index in [0.717, 1.165) is 0 Å². The molecular formula is C5H16O7S2-2. The van der Waals surface area contributed by atoms with Gasteiger partial charge in [-0.05, 0) is 0 Å². The number of unbranched alkanes of at least 4 members (excludes halogenated alkanes) is 1. The molecular weight excluding hydrogens is 236 g/mol. The van der Waals surface area contributed by atoms with E-state index in [1.165, 1.54) is 12.8 Å². The van der Waals surface area contributed by atoms with Crippen molar-refractivity contribution in [1.82, 2.24) is 0 Å². The van der Waals surface area contributed by atoms with Gasteiger partial charge >= 0.3 is 0 Å². The van der Waals surface area contributed by atoms with Crippen LogP contribution in [0.1, 0.15) is 34.1 Å². The predicted molar refractivity (Wildman–Crippen MR) is 51.8 cm³/mol. The highest BCUT2D eigenvalue weighted by Crippen LogP contribution is 1.76. The number of hydrogen-bond donors (Lipinski definition) is 2. The van der Waals surface area contributed by atoms with Gasteiger partial charge in [0.1, 0.15) is 0 Å². The van der Waals surface area contributed by atoms with E-state index in [-0.39, 0.29) is 7.43 Å². The van der Waals surface area contributed by atoms with Crippen molar-refractivity contribution in [3.05, 3.63) is 0 Å². The normalized spacial score (nSPS) is 8.43. The van der Waals surface area contributed by atoms with Crippen LogP contribution in [0.4, 0.5) is 0 Å². The summed E-state index contributed by atoms with van der Waals surface area (Å²) < 4.78 is 36.0. The van der Waals surface area contributed by atoms with Gasteiger partial charge in [-0.25, -0.2) is 13.7 Å². The highest BCUT2D eigenvalue weighted by atomic mass is 32.3. The summed E-state index contributed by atoms with van der Waals surface area (Å²) in [6.45, 7) is 4.36. The van der Waals surface area contributed by atoms with Gasteiger partial charge in [0.15, 0.2) is 0 Å². The molecule has 7 nitrogen and oxygen atoms in total. The van der Waals surface area contributed by atoms with Crippen LogP contribution in [0.5, 0.6) is 0 Å². The van der Waals surface area contributed by atoms with Crippen molar-refractivity contribution in [1.29, 1.82) is 0 Å². The van der Waals surface area contributed by atoms with Crippen molar-refractivity contribution >= 4 is 23.3 Å². The van der Waals surface area contributed by atoms with Crippen LogP contribution < -0.4 is 0 Å². The summed E-state index contributed by atoms with van der Waals surface area (Å²) >= 11 is 3.58. The van der Waals surface area contributed by atoms with Crippen LogP contribution in [0, 0.1) is 0 Å². The lowest BCUT2D eigenvalue weighted by Gasteiger charge is -1.92. The third-order valence-corrected chi connectivity index (χ3v) is 0.591. The first-order valence-corrected chi connectivity index (χ1v) is 4.81. The molecule has 0 rings (SSSR count). The smallest absolute Gasteiger partial charge is 0.215 e. The van der Waals surface area contributed by atoms with E-state index in [4.69, 9.17) is 22.8 Å². The van der Waals surface area contributed by atoms with Gasteiger partial charge in [0.25, 0.3) is 0 Å². The third kappa shape index (κ3) is 338. The van der Waals surface area contributed by atoms with Crippen molar-refractivity contribution in [2.75, 3.05) is 0 Å². The zero-order chi connectivity index (χ0) is 11.3. The van der Waals surface area contributed by atoms with Gasteiger partial charge in [-0.15, -0.1) is 0 Å². The van der Waals surface area contributed by atoms with Crippen LogP contribution in [-0.2, 0) is 32.7 Å². The predicted octanol–water partition coefficient (Wildman–Crippen LogP) is 1.32. The summed E-state index contributed by atoms with van der Waals surface area (Å²) in [4.78, 5) is 0. The largest absolute Gasteiger partial charge is 0.726 e. The molecule has 92 valence electrons. The molecule has 0 spiro atoms. The Labute approximate surface area is 90.1 Å². The Morgan fingerprint density at radius 3 is 1.50 bits per heavy atom. The maximum absolute atomic E-state index is 8.63. The molecule has 9 heteroatoms. The van der Waals surface area contributed by atoms with E-state index in [9.17, 15) is 0 Å². The summed E-state index contributed by atoms with van der Waals surface area (Å²) in [6.07, 6.45) is 2.64. The Kier molecular flexibility index (Phi) is 31.9. The Balaban J connectivity index is -0.0000000522. The first kappa shape index (κ1) is 23.7. The minimum Gasteiger partial charge on any atom is -0.726 e. The van der Waals surface area contributed by atoms with Crippen LogP contribution in [-0.4, -0.2) is 22.8 Å². The van der Waals surface area contributed by atoms with Gasteiger partial charge in [0, 0.05) is 0 Å². The Bertz CT molecular complexity index is 139. The Morgan fingerprint density at radius 1 is 1.36 bits per heavy atom. The van der Waals surface area contributed by atoms with Crippen LogP contribution in [0.2, 0.25) is 0 Å². The minimum absolute atomic E-state index is 0. The molecule has 0 unspecified atom stereocenters. The van der Waals surface area contributed by atoms with E-state index in [0.29, 0.717) is 0 Å². The second kappa shape index (κ2) is 18.8. The molecule has 0 heterocycles. The zero-order valence-corrected chi connectivity index (χ0v) is 8.80. The standard InChI is InChI=1S/C4H10.CH4.H2O4S.H2O3S/c1-3-4-2;;1-5(2,3)4;1-2-3-4/h3-4H2,1-2H3;1H4;(H2,1,2,3,4);1,4H/p-2. The number of hydrogen-bond acceptors (Lipinski definition) is 7. The summed E-state index contributed by atoms with van der Waals surface area (Å²) in [6, 6.07) is 0. The summed E-state index contributed by atoms with van der Waals surface area (Å²) in [7, 11) is -4.92. The van der Waals surface area contributed by atoms with Gasteiger partial charge in [-0.1, -0.05) is 39.2 Å². The SMILES string of the molecule is C.CCCC.O=S(=O)([O-])O.OOO[S-]. The maximum Gasteiger partial charge on any atom is 0.215 e. The molecule has 0 aliphatic rings. The lowest BCUT2D eigenvalue weighted by atomic mass is 10.4. The minimum atomic E-state index is -4.92. The van der Waals surface area contributed by atoms with Crippen LogP contribution in [0.15, 0.2) is 0 Å². The average Bonchev–Trinajstić information content (AvgIpc) is 2.01. The molecule has 0 bridgehead atoms. The Morgan fingerprint density at radius 2 is 1.50 bits per heavy atom. The molecule has 0 aromatic carbocycles. The van der Waals surface area contributed by atoms with Crippen LogP contribution in [0.25, 0.3) is 0 Å². The fourth-order valence-electron chi connectivity index (χ4n) is 0. The molecule has 2 N–H and O–H groups in total. The zero-order valence-electron chi connectivity index (χ0n) is 7.17. The van der Waals surface area contributed by atoms with Gasteiger partial charge < -0.3 is 21.8 Å². The van der Waals surface area contributed by atoms with Crippen molar-refractivity contribution in [3.63, 3.8) is 0 Å². The molecule has 0 atom stereocenters. The van der Waals surface area contributed by atoms with Gasteiger partial charge in [0.2, 0.25) is 10.4 Å². The molecule has 0 radical (unpaired) electrons. The molecule has 0 aliphatic carbocycles. The first-order chi connectivity index (χ1) is 5.83. The van der Waals surface area contributed by atoms with E-state index < -0.39 is 10.4 Å². The van der Waals surface area contributed by atoms with Gasteiger partial charge in [-0.2, -0.15) is 0 Å². The molecule has 0 aliphatic heterocycles. The van der Waals surface area contributed by atoms with Crippen molar-refractivity contribution in [2.45, 2.75) is 34.1 Å². The van der Waals surface area contributed by atoms with Crippen LogP contribution >= 0.6 is 0 Å². The van der Waals surface area contributed by atoms with Crippen LogP contribution in [0.3, 0.4) is 0 Å². The average molecular weight is 252 g/mol. The third-order valence-electron chi connectivity index (χ3n) is 0.530. The van der Waals surface area contributed by atoms with E-state index in [2.05, 4.69) is 36.1 Å². The Hall–Kier alpha value is 0.1000. The summed E-state index contributed by atoms with van der Waals surface area (Å²) in [5.41, 5.74) is 0. The fraction of sp³-hybridized carbons (Fsp3) is 1.00.